The number of hydrogen-bond donors (Lipinski definition) is 0. The Morgan fingerprint density at radius 2 is 2.15 bits per heavy atom. The first-order chi connectivity index (χ1) is 6.22. The van der Waals surface area contributed by atoms with Crippen LogP contribution in [-0.2, 0) is 6.42 Å². The van der Waals surface area contributed by atoms with E-state index in [2.05, 4.69) is 33.1 Å². The van der Waals surface area contributed by atoms with Crippen molar-refractivity contribution in [3.8, 4) is 0 Å². The third-order valence-corrected chi connectivity index (χ3v) is 2.67. The molecule has 0 amide bonds. The Labute approximate surface area is 87.9 Å². The average Bonchev–Trinajstić information content (AvgIpc) is 2.09. The van der Waals surface area contributed by atoms with Crippen molar-refractivity contribution in [3.63, 3.8) is 0 Å². The molecule has 3 heteroatoms. The van der Waals surface area contributed by atoms with Crippen LogP contribution in [-0.4, -0.2) is 15.0 Å². The summed E-state index contributed by atoms with van der Waals surface area (Å²) in [7, 11) is 0. The van der Waals surface area contributed by atoms with Crippen LogP contribution in [0.4, 0.5) is 0 Å². The molecule has 2 nitrogen and oxygen atoms in total. The van der Waals surface area contributed by atoms with Gasteiger partial charge >= 0.3 is 0 Å². The highest BCUT2D eigenvalue weighted by atomic mass is 79.9. The molecule has 0 spiro atoms. The minimum absolute atomic E-state index is 0.537. The van der Waals surface area contributed by atoms with Gasteiger partial charge in [-0.05, 0) is 25.5 Å². The predicted octanol–water partition coefficient (Wildman–Crippen LogP) is 2.89. The lowest BCUT2D eigenvalue weighted by molar-refractivity contribution is 0.723. The summed E-state index contributed by atoms with van der Waals surface area (Å²) in [4.78, 5) is 0.537. The molecule has 0 aliphatic carbocycles. The molecule has 1 rings (SSSR count). The first-order valence-corrected chi connectivity index (χ1v) is 5.57. The van der Waals surface area contributed by atoms with Gasteiger partial charge in [-0.2, -0.15) is 10.2 Å². The van der Waals surface area contributed by atoms with Crippen LogP contribution in [0.2, 0.25) is 0 Å². The quantitative estimate of drug-likeness (QED) is 0.760. The molecular formula is C10H15BrN2. The van der Waals surface area contributed by atoms with Gasteiger partial charge in [0.1, 0.15) is 0 Å². The van der Waals surface area contributed by atoms with Gasteiger partial charge in [-0.3, -0.25) is 0 Å². The highest BCUT2D eigenvalue weighted by molar-refractivity contribution is 9.09. The van der Waals surface area contributed by atoms with Crippen LogP contribution < -0.4 is 0 Å². The molecule has 1 heterocycles. The van der Waals surface area contributed by atoms with Crippen molar-refractivity contribution in [1.29, 1.82) is 0 Å². The fourth-order valence-corrected chi connectivity index (χ4v) is 1.97. The first kappa shape index (κ1) is 10.6. The SMILES string of the molecule is CCCC(Br)Cc1ccc(C)nn1. The Bertz CT molecular complexity index is 246. The Morgan fingerprint density at radius 3 is 2.69 bits per heavy atom. The highest BCUT2D eigenvalue weighted by Gasteiger charge is 2.05. The summed E-state index contributed by atoms with van der Waals surface area (Å²) in [5, 5.41) is 8.14. The first-order valence-electron chi connectivity index (χ1n) is 4.65. The molecule has 1 aromatic rings. The zero-order chi connectivity index (χ0) is 9.68. The standard InChI is InChI=1S/C10H15BrN2/c1-3-4-9(11)7-10-6-5-8(2)12-13-10/h5-6,9H,3-4,7H2,1-2H3. The Kier molecular flexibility index (Phi) is 4.36. The van der Waals surface area contributed by atoms with E-state index in [1.807, 2.05) is 19.1 Å². The molecule has 0 saturated carbocycles. The number of halogens is 1. The number of alkyl halides is 1. The smallest absolute Gasteiger partial charge is 0.0642 e. The van der Waals surface area contributed by atoms with E-state index in [-0.39, 0.29) is 0 Å². The van der Waals surface area contributed by atoms with Crippen LogP contribution in [0.5, 0.6) is 0 Å². The maximum Gasteiger partial charge on any atom is 0.0642 e. The monoisotopic (exact) mass is 242 g/mol. The third-order valence-electron chi connectivity index (χ3n) is 1.89. The summed E-state index contributed by atoms with van der Waals surface area (Å²) in [6.45, 7) is 4.14. The largest absolute Gasteiger partial charge is 0.156 e. The van der Waals surface area contributed by atoms with Crippen molar-refractivity contribution in [2.45, 2.75) is 37.9 Å². The lowest BCUT2D eigenvalue weighted by Crippen LogP contribution is -2.04. The van der Waals surface area contributed by atoms with Crippen LogP contribution in [0.1, 0.15) is 31.2 Å². The lowest BCUT2D eigenvalue weighted by atomic mass is 10.1. The van der Waals surface area contributed by atoms with E-state index < -0.39 is 0 Å². The maximum atomic E-state index is 4.12. The van der Waals surface area contributed by atoms with E-state index in [1.54, 1.807) is 0 Å². The second kappa shape index (κ2) is 5.32. The summed E-state index contributed by atoms with van der Waals surface area (Å²) in [6, 6.07) is 4.06. The maximum absolute atomic E-state index is 4.12. The minimum atomic E-state index is 0.537. The third kappa shape index (κ3) is 3.85. The lowest BCUT2D eigenvalue weighted by Gasteiger charge is -2.06. The van der Waals surface area contributed by atoms with Gasteiger partial charge in [-0.15, -0.1) is 0 Å². The average molecular weight is 243 g/mol. The van der Waals surface area contributed by atoms with Crippen LogP contribution in [0.15, 0.2) is 12.1 Å². The number of nitrogens with zero attached hydrogens (tertiary/aromatic N) is 2. The van der Waals surface area contributed by atoms with Crippen LogP contribution in [0.25, 0.3) is 0 Å². The van der Waals surface area contributed by atoms with Crippen molar-refractivity contribution in [1.82, 2.24) is 10.2 Å². The van der Waals surface area contributed by atoms with E-state index >= 15 is 0 Å². The Morgan fingerprint density at radius 1 is 1.38 bits per heavy atom. The van der Waals surface area contributed by atoms with Gasteiger partial charge in [0.25, 0.3) is 0 Å². The van der Waals surface area contributed by atoms with E-state index in [0.29, 0.717) is 4.83 Å². The van der Waals surface area contributed by atoms with Gasteiger partial charge in [0, 0.05) is 11.2 Å². The molecule has 1 unspecified atom stereocenters. The summed E-state index contributed by atoms with van der Waals surface area (Å²) in [5.74, 6) is 0. The molecule has 0 aromatic carbocycles. The van der Waals surface area contributed by atoms with Crippen molar-refractivity contribution >= 4 is 15.9 Å². The van der Waals surface area contributed by atoms with E-state index in [9.17, 15) is 0 Å². The molecule has 1 aromatic heterocycles. The number of rotatable bonds is 4. The number of aryl methyl sites for hydroxylation is 1. The van der Waals surface area contributed by atoms with Crippen molar-refractivity contribution in [2.24, 2.45) is 0 Å². The van der Waals surface area contributed by atoms with Gasteiger partial charge in [-0.1, -0.05) is 29.3 Å². The molecule has 0 aliphatic heterocycles. The molecule has 0 fully saturated rings. The van der Waals surface area contributed by atoms with Crippen molar-refractivity contribution in [3.05, 3.63) is 23.5 Å². The minimum Gasteiger partial charge on any atom is -0.156 e. The second-order valence-electron chi connectivity index (χ2n) is 3.26. The Hall–Kier alpha value is -0.440. The summed E-state index contributed by atoms with van der Waals surface area (Å²) < 4.78 is 0. The van der Waals surface area contributed by atoms with E-state index in [4.69, 9.17) is 0 Å². The Balaban J connectivity index is 2.49. The van der Waals surface area contributed by atoms with Gasteiger partial charge < -0.3 is 0 Å². The number of hydrogen-bond acceptors (Lipinski definition) is 2. The van der Waals surface area contributed by atoms with Crippen molar-refractivity contribution in [2.75, 3.05) is 0 Å². The van der Waals surface area contributed by atoms with Crippen LogP contribution in [0.3, 0.4) is 0 Å². The molecule has 1 atom stereocenters. The summed E-state index contributed by atoms with van der Waals surface area (Å²) in [6.07, 6.45) is 3.37. The fraction of sp³-hybridized carbons (Fsp3) is 0.600. The predicted molar refractivity (Wildman–Crippen MR) is 58.1 cm³/mol. The number of aromatic nitrogens is 2. The zero-order valence-electron chi connectivity index (χ0n) is 8.13. The summed E-state index contributed by atoms with van der Waals surface area (Å²) >= 11 is 3.63. The van der Waals surface area contributed by atoms with Crippen LogP contribution >= 0.6 is 15.9 Å². The summed E-state index contributed by atoms with van der Waals surface area (Å²) in [5.41, 5.74) is 2.05. The van der Waals surface area contributed by atoms with Crippen molar-refractivity contribution < 1.29 is 0 Å². The zero-order valence-corrected chi connectivity index (χ0v) is 9.71. The van der Waals surface area contributed by atoms with Gasteiger partial charge in [-0.25, -0.2) is 0 Å². The molecule has 0 saturated heterocycles. The van der Waals surface area contributed by atoms with Gasteiger partial charge in [0.2, 0.25) is 0 Å². The topological polar surface area (TPSA) is 25.8 Å². The molecule has 13 heavy (non-hydrogen) atoms. The molecule has 0 radical (unpaired) electrons. The normalized spacial score (nSPS) is 12.8. The van der Waals surface area contributed by atoms with E-state index in [0.717, 1.165) is 17.8 Å². The van der Waals surface area contributed by atoms with Crippen LogP contribution in [0, 0.1) is 6.92 Å². The molecule has 72 valence electrons. The van der Waals surface area contributed by atoms with Gasteiger partial charge in [0.05, 0.1) is 11.4 Å². The molecule has 0 bridgehead atoms. The molecule has 0 aliphatic rings. The highest BCUT2D eigenvalue weighted by Crippen LogP contribution is 2.12. The van der Waals surface area contributed by atoms with E-state index in [1.165, 1.54) is 12.8 Å². The molecule has 0 N–H and O–H groups in total. The fourth-order valence-electron chi connectivity index (χ4n) is 1.18. The second-order valence-corrected chi connectivity index (χ2v) is 4.55. The molecular weight excluding hydrogens is 228 g/mol. The van der Waals surface area contributed by atoms with Gasteiger partial charge in [0.15, 0.2) is 0 Å².